The Morgan fingerprint density at radius 1 is 1.04 bits per heavy atom. The van der Waals surface area contributed by atoms with E-state index in [1.165, 1.54) is 38.5 Å². The average Bonchev–Trinajstić information content (AvgIpc) is 2.98. The Bertz CT molecular complexity index is 534. The Morgan fingerprint density at radius 2 is 1.80 bits per heavy atom. The maximum Gasteiger partial charge on any atom is 0.147 e. The van der Waals surface area contributed by atoms with Gasteiger partial charge in [0.05, 0.1) is 10.9 Å². The van der Waals surface area contributed by atoms with E-state index in [1.807, 2.05) is 0 Å². The number of hydrogen-bond acceptors (Lipinski definition) is 2. The zero-order chi connectivity index (χ0) is 17.8. The second-order valence-electron chi connectivity index (χ2n) is 10.0. The van der Waals surface area contributed by atoms with Gasteiger partial charge in [0.2, 0.25) is 0 Å². The lowest BCUT2D eigenvalue weighted by Gasteiger charge is -2.57. The zero-order valence-electron chi connectivity index (χ0n) is 16.0. The van der Waals surface area contributed by atoms with Crippen LogP contribution < -0.4 is 0 Å². The molecule has 0 spiro atoms. The van der Waals surface area contributed by atoms with Crippen molar-refractivity contribution in [2.75, 3.05) is 5.33 Å². The van der Waals surface area contributed by atoms with Crippen molar-refractivity contribution in [3.8, 4) is 0 Å². The fourth-order valence-corrected chi connectivity index (χ4v) is 8.30. The van der Waals surface area contributed by atoms with Crippen molar-refractivity contribution in [3.63, 3.8) is 0 Å². The van der Waals surface area contributed by atoms with E-state index in [0.717, 1.165) is 55.3 Å². The van der Waals surface area contributed by atoms with E-state index in [9.17, 15) is 9.90 Å². The van der Waals surface area contributed by atoms with Gasteiger partial charge in [0.1, 0.15) is 5.78 Å². The molecule has 4 saturated carbocycles. The van der Waals surface area contributed by atoms with Crippen LogP contribution in [0.15, 0.2) is 0 Å². The minimum atomic E-state index is -0.377. The molecule has 8 atom stereocenters. The third-order valence-corrected chi connectivity index (χ3v) is 9.84. The van der Waals surface area contributed by atoms with E-state index in [-0.39, 0.29) is 11.0 Å². The van der Waals surface area contributed by atoms with Gasteiger partial charge >= 0.3 is 0 Å². The number of ketones is 1. The molecule has 0 heterocycles. The lowest BCUT2D eigenvalue weighted by Crippen LogP contribution is -2.51. The van der Waals surface area contributed by atoms with Gasteiger partial charge in [-0.2, -0.15) is 0 Å². The number of hydrogen-bond donors (Lipinski definition) is 1. The maximum atomic E-state index is 12.5. The van der Waals surface area contributed by atoms with E-state index < -0.39 is 0 Å². The van der Waals surface area contributed by atoms with E-state index in [0.29, 0.717) is 17.0 Å². The van der Waals surface area contributed by atoms with Crippen LogP contribution in [0.2, 0.25) is 0 Å². The summed E-state index contributed by atoms with van der Waals surface area (Å²) in [6.45, 7) is 4.59. The second kappa shape index (κ2) is 6.62. The molecule has 25 heavy (non-hydrogen) atoms. The molecule has 0 aromatic heterocycles. The highest BCUT2D eigenvalue weighted by atomic mass is 79.9. The fourth-order valence-electron chi connectivity index (χ4n) is 7.91. The highest BCUT2D eigenvalue weighted by Crippen LogP contribution is 2.64. The summed E-state index contributed by atoms with van der Waals surface area (Å²) in [6.07, 6.45) is 11.9. The van der Waals surface area contributed by atoms with Crippen LogP contribution in [0.5, 0.6) is 0 Å². The van der Waals surface area contributed by atoms with Gasteiger partial charge in [-0.3, -0.25) is 4.79 Å². The molecule has 4 fully saturated rings. The van der Waals surface area contributed by atoms with Crippen molar-refractivity contribution < 1.29 is 9.90 Å². The first-order valence-corrected chi connectivity index (χ1v) is 11.8. The van der Waals surface area contributed by atoms with E-state index >= 15 is 0 Å². The largest absolute Gasteiger partial charge is 0.390 e. The first kappa shape index (κ1) is 18.5. The molecule has 1 N–H and O–H groups in total. The molecule has 0 amide bonds. The van der Waals surface area contributed by atoms with Crippen LogP contribution >= 0.6 is 15.9 Å². The third-order valence-electron chi connectivity index (χ3n) is 9.28. The molecule has 0 radical (unpaired) electrons. The van der Waals surface area contributed by atoms with Gasteiger partial charge in [-0.15, -0.1) is 0 Å². The fraction of sp³-hybridized carbons (Fsp3) is 0.955. The Morgan fingerprint density at radius 3 is 2.52 bits per heavy atom. The number of halogens is 1. The van der Waals surface area contributed by atoms with E-state index in [2.05, 4.69) is 29.8 Å². The first-order valence-electron chi connectivity index (χ1n) is 10.7. The minimum Gasteiger partial charge on any atom is -0.390 e. The number of fused-ring (bicyclic) bond motifs is 5. The normalized spacial score (nSPS) is 52.2. The van der Waals surface area contributed by atoms with Crippen LogP contribution in [0.4, 0.5) is 0 Å². The number of Topliss-reactive ketones (excluding diaryl/α,β-unsaturated/α-hetero) is 1. The first-order chi connectivity index (χ1) is 11.9. The quantitative estimate of drug-likeness (QED) is 0.635. The highest BCUT2D eigenvalue weighted by molar-refractivity contribution is 9.09. The number of carbonyl (C=O) groups excluding carboxylic acids is 1. The third kappa shape index (κ3) is 2.87. The van der Waals surface area contributed by atoms with Crippen LogP contribution in [0.25, 0.3) is 0 Å². The smallest absolute Gasteiger partial charge is 0.147 e. The van der Waals surface area contributed by atoms with Gasteiger partial charge in [-0.05, 0) is 99.2 Å². The topological polar surface area (TPSA) is 37.3 Å². The molecule has 0 aliphatic heterocycles. The Hall–Kier alpha value is 0.110. The lowest BCUT2D eigenvalue weighted by atomic mass is 9.48. The number of carbonyl (C=O) groups is 1. The molecule has 0 aromatic carbocycles. The monoisotopic (exact) mass is 410 g/mol. The standard InChI is InChI=1S/C22H35BrO2/c1-3-22(25)11-9-15-14(12-22)4-5-17-16(15)8-10-21(2)18(17)6-7-19(21)20(24)13-23/h14-19,25H,3-13H2,1-2H3/t14-,15-,16+,17+,18-,19+,21-,22+/m0/s1. The zero-order valence-corrected chi connectivity index (χ0v) is 17.6. The molecule has 4 aliphatic rings. The molecule has 0 aromatic rings. The summed E-state index contributed by atoms with van der Waals surface area (Å²) in [5.74, 6) is 4.84. The van der Waals surface area contributed by atoms with Gasteiger partial charge in [0.25, 0.3) is 0 Å². The van der Waals surface area contributed by atoms with Crippen LogP contribution in [0.3, 0.4) is 0 Å². The Kier molecular flexibility index (Phi) is 4.89. The summed E-state index contributed by atoms with van der Waals surface area (Å²) < 4.78 is 0. The molecule has 4 rings (SSSR count). The Labute approximate surface area is 161 Å². The SMILES string of the molecule is CC[C@@]1(O)CC[C@H]2[C@@H](CC[C@@H]3[C@@H]2CC[C@]2(C)[C@@H](C(=O)CBr)CC[C@@H]32)C1. The number of rotatable bonds is 3. The predicted octanol–water partition coefficient (Wildman–Crippen LogP) is 5.36. The molecule has 2 nitrogen and oxygen atoms in total. The van der Waals surface area contributed by atoms with Crippen molar-refractivity contribution in [1.82, 2.24) is 0 Å². The molecule has 0 saturated heterocycles. The molecule has 4 aliphatic carbocycles. The molecular formula is C22H35BrO2. The van der Waals surface area contributed by atoms with Crippen LogP contribution in [0, 0.1) is 40.9 Å². The summed E-state index contributed by atoms with van der Waals surface area (Å²) in [6, 6.07) is 0. The second-order valence-corrected chi connectivity index (χ2v) is 10.6. The lowest BCUT2D eigenvalue weighted by molar-refractivity contribution is -0.130. The maximum absolute atomic E-state index is 12.5. The predicted molar refractivity (Wildman–Crippen MR) is 105 cm³/mol. The Balaban J connectivity index is 1.52. The summed E-state index contributed by atoms with van der Waals surface area (Å²) in [7, 11) is 0. The summed E-state index contributed by atoms with van der Waals surface area (Å²) in [4.78, 5) is 12.5. The number of aliphatic hydroxyl groups is 1. The van der Waals surface area contributed by atoms with Crippen molar-refractivity contribution in [3.05, 3.63) is 0 Å². The van der Waals surface area contributed by atoms with Gasteiger partial charge in [0.15, 0.2) is 0 Å². The van der Waals surface area contributed by atoms with Crippen molar-refractivity contribution in [2.45, 2.75) is 83.7 Å². The van der Waals surface area contributed by atoms with E-state index in [1.54, 1.807) is 0 Å². The average molecular weight is 411 g/mol. The van der Waals surface area contributed by atoms with Gasteiger partial charge in [-0.1, -0.05) is 29.8 Å². The molecular weight excluding hydrogens is 376 g/mol. The van der Waals surface area contributed by atoms with Crippen LogP contribution in [-0.4, -0.2) is 21.8 Å². The highest BCUT2D eigenvalue weighted by Gasteiger charge is 2.58. The molecule has 3 heteroatoms. The molecule has 0 unspecified atom stereocenters. The summed E-state index contributed by atoms with van der Waals surface area (Å²) in [5, 5.41) is 11.3. The summed E-state index contributed by atoms with van der Waals surface area (Å²) >= 11 is 3.42. The molecule has 0 bridgehead atoms. The number of alkyl halides is 1. The van der Waals surface area contributed by atoms with Crippen molar-refractivity contribution >= 4 is 21.7 Å². The molecule has 142 valence electrons. The van der Waals surface area contributed by atoms with Crippen LogP contribution in [-0.2, 0) is 4.79 Å². The van der Waals surface area contributed by atoms with Crippen molar-refractivity contribution in [1.29, 1.82) is 0 Å². The van der Waals surface area contributed by atoms with Gasteiger partial charge in [0, 0.05) is 5.92 Å². The van der Waals surface area contributed by atoms with Gasteiger partial charge < -0.3 is 5.11 Å². The summed E-state index contributed by atoms with van der Waals surface area (Å²) in [5.41, 5.74) is -0.115. The van der Waals surface area contributed by atoms with Crippen molar-refractivity contribution in [2.24, 2.45) is 40.9 Å². The van der Waals surface area contributed by atoms with Crippen LogP contribution in [0.1, 0.15) is 78.1 Å². The minimum absolute atomic E-state index is 0.262. The van der Waals surface area contributed by atoms with Gasteiger partial charge in [-0.25, -0.2) is 0 Å². The van der Waals surface area contributed by atoms with E-state index in [4.69, 9.17) is 0 Å².